The van der Waals surface area contributed by atoms with E-state index < -0.39 is 0 Å². The second-order valence-corrected chi connectivity index (χ2v) is 5.77. The van der Waals surface area contributed by atoms with E-state index in [2.05, 4.69) is 33.8 Å². The van der Waals surface area contributed by atoms with E-state index in [9.17, 15) is 0 Å². The van der Waals surface area contributed by atoms with Gasteiger partial charge in [0.1, 0.15) is 0 Å². The molecule has 1 aromatic rings. The Morgan fingerprint density at radius 1 is 1.44 bits per heavy atom. The van der Waals surface area contributed by atoms with Crippen LogP contribution in [-0.2, 0) is 11.3 Å². The highest BCUT2D eigenvalue weighted by atomic mass is 79.9. The lowest BCUT2D eigenvalue weighted by molar-refractivity contribution is 0.0725. The van der Waals surface area contributed by atoms with Gasteiger partial charge in [0.25, 0.3) is 0 Å². The van der Waals surface area contributed by atoms with Gasteiger partial charge in [-0.3, -0.25) is 4.90 Å². The SMILES string of the molecule is CCN(Cc1cc(N)cc(Br)c1)CC1CCCO1. The highest BCUT2D eigenvalue weighted by molar-refractivity contribution is 9.10. The molecule has 1 fully saturated rings. The Bertz CT molecular complexity index is 371. The van der Waals surface area contributed by atoms with Gasteiger partial charge >= 0.3 is 0 Å². The van der Waals surface area contributed by atoms with Gasteiger partial charge < -0.3 is 10.5 Å². The van der Waals surface area contributed by atoms with Crippen LogP contribution >= 0.6 is 15.9 Å². The average Bonchev–Trinajstić information content (AvgIpc) is 2.79. The fourth-order valence-electron chi connectivity index (χ4n) is 2.41. The van der Waals surface area contributed by atoms with Crippen LogP contribution < -0.4 is 5.73 Å². The van der Waals surface area contributed by atoms with Crippen molar-refractivity contribution in [1.29, 1.82) is 0 Å². The molecule has 0 aromatic heterocycles. The van der Waals surface area contributed by atoms with Crippen molar-refractivity contribution in [2.75, 3.05) is 25.4 Å². The Hall–Kier alpha value is -0.580. The smallest absolute Gasteiger partial charge is 0.0702 e. The summed E-state index contributed by atoms with van der Waals surface area (Å²) in [6.45, 7) is 6.09. The summed E-state index contributed by atoms with van der Waals surface area (Å²) < 4.78 is 6.74. The van der Waals surface area contributed by atoms with Gasteiger partial charge in [0, 0.05) is 29.9 Å². The van der Waals surface area contributed by atoms with Crippen molar-refractivity contribution in [2.24, 2.45) is 0 Å². The van der Waals surface area contributed by atoms with Crippen molar-refractivity contribution >= 4 is 21.6 Å². The van der Waals surface area contributed by atoms with Crippen molar-refractivity contribution in [3.8, 4) is 0 Å². The maximum Gasteiger partial charge on any atom is 0.0702 e. The first-order valence-electron chi connectivity index (χ1n) is 6.56. The number of hydrogen-bond acceptors (Lipinski definition) is 3. The summed E-state index contributed by atoms with van der Waals surface area (Å²) in [6.07, 6.45) is 2.80. The zero-order valence-corrected chi connectivity index (χ0v) is 12.4. The van der Waals surface area contributed by atoms with Crippen LogP contribution in [0.1, 0.15) is 25.3 Å². The Labute approximate surface area is 117 Å². The van der Waals surface area contributed by atoms with Crippen LogP contribution in [0.25, 0.3) is 0 Å². The summed E-state index contributed by atoms with van der Waals surface area (Å²) in [6, 6.07) is 6.11. The van der Waals surface area contributed by atoms with Crippen molar-refractivity contribution in [1.82, 2.24) is 4.90 Å². The number of nitrogens with two attached hydrogens (primary N) is 1. The first-order chi connectivity index (χ1) is 8.67. The van der Waals surface area contributed by atoms with Gasteiger partial charge in [-0.2, -0.15) is 0 Å². The quantitative estimate of drug-likeness (QED) is 0.849. The topological polar surface area (TPSA) is 38.5 Å². The van der Waals surface area contributed by atoms with Crippen LogP contribution in [0.15, 0.2) is 22.7 Å². The maximum atomic E-state index is 5.87. The molecule has 0 saturated carbocycles. The molecule has 3 nitrogen and oxygen atoms in total. The van der Waals surface area contributed by atoms with E-state index in [1.807, 2.05) is 12.1 Å². The number of nitrogen functional groups attached to an aromatic ring is 1. The number of halogens is 1. The molecule has 2 N–H and O–H groups in total. The lowest BCUT2D eigenvalue weighted by Gasteiger charge is -2.24. The van der Waals surface area contributed by atoms with Gasteiger partial charge in [0.05, 0.1) is 6.10 Å². The number of benzene rings is 1. The maximum absolute atomic E-state index is 5.87. The first kappa shape index (κ1) is 13.8. The molecule has 1 heterocycles. The van der Waals surface area contributed by atoms with E-state index in [1.54, 1.807) is 0 Å². The molecule has 2 rings (SSSR count). The Kier molecular flexibility index (Phi) is 5.03. The minimum absolute atomic E-state index is 0.412. The Morgan fingerprint density at radius 3 is 2.89 bits per heavy atom. The second-order valence-electron chi connectivity index (χ2n) is 4.86. The van der Waals surface area contributed by atoms with Crippen molar-refractivity contribution in [3.05, 3.63) is 28.2 Å². The molecule has 0 amide bonds. The van der Waals surface area contributed by atoms with Crippen LogP contribution in [-0.4, -0.2) is 30.7 Å². The van der Waals surface area contributed by atoms with Crippen LogP contribution in [0.2, 0.25) is 0 Å². The zero-order chi connectivity index (χ0) is 13.0. The van der Waals surface area contributed by atoms with Crippen molar-refractivity contribution in [2.45, 2.75) is 32.4 Å². The predicted molar refractivity (Wildman–Crippen MR) is 78.5 cm³/mol. The minimum Gasteiger partial charge on any atom is -0.399 e. The molecule has 4 heteroatoms. The van der Waals surface area contributed by atoms with Crippen molar-refractivity contribution in [3.63, 3.8) is 0 Å². The lowest BCUT2D eigenvalue weighted by Crippen LogP contribution is -2.31. The van der Waals surface area contributed by atoms with Crippen LogP contribution in [0.3, 0.4) is 0 Å². The molecule has 1 aliphatic heterocycles. The van der Waals surface area contributed by atoms with E-state index >= 15 is 0 Å². The van der Waals surface area contributed by atoms with E-state index in [0.717, 1.165) is 36.4 Å². The summed E-state index contributed by atoms with van der Waals surface area (Å²) >= 11 is 3.49. The average molecular weight is 313 g/mol. The number of anilines is 1. The molecule has 1 saturated heterocycles. The Balaban J connectivity index is 1.95. The highest BCUT2D eigenvalue weighted by Gasteiger charge is 2.18. The van der Waals surface area contributed by atoms with Gasteiger partial charge in [-0.25, -0.2) is 0 Å². The molecule has 0 radical (unpaired) electrons. The molecular formula is C14H21BrN2O. The zero-order valence-electron chi connectivity index (χ0n) is 10.9. The van der Waals surface area contributed by atoms with E-state index in [0.29, 0.717) is 6.10 Å². The van der Waals surface area contributed by atoms with Gasteiger partial charge in [-0.1, -0.05) is 22.9 Å². The van der Waals surface area contributed by atoms with E-state index in [1.165, 1.54) is 18.4 Å². The molecule has 1 atom stereocenters. The fraction of sp³-hybridized carbons (Fsp3) is 0.571. The first-order valence-corrected chi connectivity index (χ1v) is 7.35. The Morgan fingerprint density at radius 2 is 2.28 bits per heavy atom. The summed E-state index contributed by atoms with van der Waals surface area (Å²) in [5, 5.41) is 0. The number of rotatable bonds is 5. The highest BCUT2D eigenvalue weighted by Crippen LogP contribution is 2.20. The molecule has 1 aliphatic rings. The number of hydrogen-bond donors (Lipinski definition) is 1. The summed E-state index contributed by atoms with van der Waals surface area (Å²) in [7, 11) is 0. The monoisotopic (exact) mass is 312 g/mol. The summed E-state index contributed by atoms with van der Waals surface area (Å²) in [5.41, 5.74) is 7.93. The molecular weight excluding hydrogens is 292 g/mol. The number of likely N-dealkylation sites (N-methyl/N-ethyl adjacent to an activating group) is 1. The lowest BCUT2D eigenvalue weighted by atomic mass is 10.1. The second kappa shape index (κ2) is 6.55. The van der Waals surface area contributed by atoms with Gasteiger partial charge in [-0.15, -0.1) is 0 Å². The number of nitrogens with zero attached hydrogens (tertiary/aromatic N) is 1. The molecule has 100 valence electrons. The largest absolute Gasteiger partial charge is 0.399 e. The van der Waals surface area contributed by atoms with Gasteiger partial charge in [-0.05, 0) is 43.1 Å². The third-order valence-corrected chi connectivity index (χ3v) is 3.78. The molecule has 0 aliphatic carbocycles. The standard InChI is InChI=1S/C14H21BrN2O/c1-2-17(10-14-4-3-5-18-14)9-11-6-12(15)8-13(16)7-11/h6-8,14H,2-5,9-10,16H2,1H3. The van der Waals surface area contributed by atoms with E-state index in [-0.39, 0.29) is 0 Å². The molecule has 0 bridgehead atoms. The van der Waals surface area contributed by atoms with Gasteiger partial charge in [0.2, 0.25) is 0 Å². The molecule has 1 unspecified atom stereocenters. The van der Waals surface area contributed by atoms with Crippen molar-refractivity contribution < 1.29 is 4.74 Å². The number of ether oxygens (including phenoxy) is 1. The third kappa shape index (κ3) is 3.97. The molecule has 18 heavy (non-hydrogen) atoms. The summed E-state index contributed by atoms with van der Waals surface area (Å²) in [5.74, 6) is 0. The molecule has 0 spiro atoms. The van der Waals surface area contributed by atoms with E-state index in [4.69, 9.17) is 10.5 Å². The van der Waals surface area contributed by atoms with Crippen LogP contribution in [0, 0.1) is 0 Å². The fourth-order valence-corrected chi connectivity index (χ4v) is 2.97. The molecule has 1 aromatic carbocycles. The normalized spacial score (nSPS) is 19.6. The van der Waals surface area contributed by atoms with Crippen LogP contribution in [0.5, 0.6) is 0 Å². The predicted octanol–water partition coefficient (Wildman–Crippen LogP) is 3.03. The minimum atomic E-state index is 0.412. The summed E-state index contributed by atoms with van der Waals surface area (Å²) in [4.78, 5) is 2.41. The third-order valence-electron chi connectivity index (χ3n) is 3.32. The van der Waals surface area contributed by atoms with Gasteiger partial charge in [0.15, 0.2) is 0 Å². The van der Waals surface area contributed by atoms with Crippen LogP contribution in [0.4, 0.5) is 5.69 Å².